The Balaban J connectivity index is 1.54. The first-order chi connectivity index (χ1) is 12.5. The van der Waals surface area contributed by atoms with Gasteiger partial charge >= 0.3 is 0 Å². The minimum atomic E-state index is 0.185. The van der Waals surface area contributed by atoms with E-state index in [0.717, 1.165) is 22.8 Å². The molecule has 1 heterocycles. The Morgan fingerprint density at radius 2 is 1.62 bits per heavy atom. The number of aromatic nitrogens is 2. The molecular formula is C21H24N4S. The molecule has 0 radical (unpaired) electrons. The van der Waals surface area contributed by atoms with Crippen molar-refractivity contribution in [3.05, 3.63) is 72.6 Å². The average molecular weight is 365 g/mol. The highest BCUT2D eigenvalue weighted by molar-refractivity contribution is 8.01. The second-order valence-electron chi connectivity index (χ2n) is 7.02. The second kappa shape index (κ2) is 8.23. The third-order valence-electron chi connectivity index (χ3n) is 3.62. The molecule has 26 heavy (non-hydrogen) atoms. The fourth-order valence-corrected chi connectivity index (χ4v) is 2.83. The Kier molecular flexibility index (Phi) is 5.78. The molecule has 2 aromatic carbocycles. The van der Waals surface area contributed by atoms with Crippen molar-refractivity contribution in [3.63, 3.8) is 0 Å². The van der Waals surface area contributed by atoms with E-state index in [1.165, 1.54) is 5.56 Å². The molecule has 1 aromatic heterocycles. The monoisotopic (exact) mass is 364 g/mol. The maximum Gasteiger partial charge on any atom is 0.144 e. The van der Waals surface area contributed by atoms with E-state index in [4.69, 9.17) is 0 Å². The highest BCUT2D eigenvalue weighted by Gasteiger charge is 2.10. The summed E-state index contributed by atoms with van der Waals surface area (Å²) >= 11 is 1.72. The molecule has 0 atom stereocenters. The zero-order valence-electron chi connectivity index (χ0n) is 15.4. The van der Waals surface area contributed by atoms with E-state index in [2.05, 4.69) is 65.0 Å². The molecule has 4 nitrogen and oxygen atoms in total. The van der Waals surface area contributed by atoms with Gasteiger partial charge in [0.05, 0.1) is 18.1 Å². The van der Waals surface area contributed by atoms with Crippen molar-refractivity contribution in [3.8, 4) is 11.3 Å². The maximum absolute atomic E-state index is 4.48. The number of nitrogens with zero attached hydrogens (tertiary/aromatic N) is 2. The second-order valence-corrected chi connectivity index (χ2v) is 8.65. The zero-order chi connectivity index (χ0) is 18.4. The molecule has 134 valence electrons. The van der Waals surface area contributed by atoms with Crippen LogP contribution in [0.3, 0.4) is 0 Å². The van der Waals surface area contributed by atoms with Crippen LogP contribution >= 0.6 is 11.9 Å². The van der Waals surface area contributed by atoms with Gasteiger partial charge in [-0.05, 0) is 50.4 Å². The Morgan fingerprint density at radius 1 is 0.885 bits per heavy atom. The highest BCUT2D eigenvalue weighted by Crippen LogP contribution is 2.25. The van der Waals surface area contributed by atoms with E-state index in [1.54, 1.807) is 24.3 Å². The molecule has 0 aliphatic carbocycles. The molecule has 0 bridgehead atoms. The van der Waals surface area contributed by atoms with Crippen LogP contribution in [0.4, 0.5) is 11.5 Å². The predicted molar refractivity (Wildman–Crippen MR) is 112 cm³/mol. The normalized spacial score (nSPS) is 11.2. The number of benzene rings is 2. The first-order valence-electron chi connectivity index (χ1n) is 8.64. The largest absolute Gasteiger partial charge is 0.365 e. The minimum Gasteiger partial charge on any atom is -0.365 e. The zero-order valence-corrected chi connectivity index (χ0v) is 16.2. The Labute approximate surface area is 159 Å². The topological polar surface area (TPSA) is 49.8 Å². The van der Waals surface area contributed by atoms with E-state index in [1.807, 2.05) is 30.3 Å². The van der Waals surface area contributed by atoms with Gasteiger partial charge in [-0.1, -0.05) is 42.5 Å². The number of hydrogen-bond acceptors (Lipinski definition) is 5. The molecule has 0 fully saturated rings. The first kappa shape index (κ1) is 18.3. The summed E-state index contributed by atoms with van der Waals surface area (Å²) in [5.41, 5.74) is 4.26. The number of hydrogen-bond donors (Lipinski definition) is 2. The van der Waals surface area contributed by atoms with Crippen LogP contribution in [0.25, 0.3) is 11.3 Å². The number of rotatable bonds is 6. The van der Waals surface area contributed by atoms with Crippen molar-refractivity contribution in [1.82, 2.24) is 9.97 Å². The van der Waals surface area contributed by atoms with Gasteiger partial charge in [-0.3, -0.25) is 4.98 Å². The van der Waals surface area contributed by atoms with Gasteiger partial charge in [-0.15, -0.1) is 0 Å². The molecule has 3 rings (SSSR count). The van der Waals surface area contributed by atoms with Gasteiger partial charge in [0.25, 0.3) is 0 Å². The van der Waals surface area contributed by atoms with Crippen molar-refractivity contribution >= 4 is 23.5 Å². The smallest absolute Gasteiger partial charge is 0.144 e. The van der Waals surface area contributed by atoms with Crippen molar-refractivity contribution in [2.24, 2.45) is 0 Å². The number of anilines is 2. The summed E-state index contributed by atoms with van der Waals surface area (Å²) in [6.07, 6.45) is 3.58. The fraction of sp³-hybridized carbons (Fsp3) is 0.238. The van der Waals surface area contributed by atoms with Crippen LogP contribution in [0, 0.1) is 0 Å². The molecule has 0 aliphatic heterocycles. The van der Waals surface area contributed by atoms with E-state index < -0.39 is 0 Å². The summed E-state index contributed by atoms with van der Waals surface area (Å²) in [4.78, 5) is 8.94. The summed E-state index contributed by atoms with van der Waals surface area (Å²) < 4.78 is 3.57. The van der Waals surface area contributed by atoms with Crippen LogP contribution in [0.1, 0.15) is 26.3 Å². The van der Waals surface area contributed by atoms with Gasteiger partial charge in [0.1, 0.15) is 5.82 Å². The average Bonchev–Trinajstić information content (AvgIpc) is 2.66. The fourth-order valence-electron chi connectivity index (χ4n) is 2.27. The highest BCUT2D eigenvalue weighted by atomic mass is 32.2. The van der Waals surface area contributed by atoms with Crippen LogP contribution in [0.5, 0.6) is 0 Å². The van der Waals surface area contributed by atoms with Crippen LogP contribution in [0.2, 0.25) is 0 Å². The van der Waals surface area contributed by atoms with E-state index >= 15 is 0 Å². The molecule has 0 aliphatic rings. The van der Waals surface area contributed by atoms with Gasteiger partial charge in [0.15, 0.2) is 0 Å². The summed E-state index contributed by atoms with van der Waals surface area (Å²) in [7, 11) is 0. The van der Waals surface area contributed by atoms with Gasteiger partial charge in [-0.25, -0.2) is 4.98 Å². The molecule has 0 saturated heterocycles. The van der Waals surface area contributed by atoms with E-state index in [-0.39, 0.29) is 4.75 Å². The molecule has 3 aromatic rings. The van der Waals surface area contributed by atoms with E-state index in [9.17, 15) is 0 Å². The molecule has 2 N–H and O–H groups in total. The Hall–Kier alpha value is -2.53. The predicted octanol–water partition coefficient (Wildman–Crippen LogP) is 5.61. The molecule has 5 heteroatoms. The van der Waals surface area contributed by atoms with Gasteiger partial charge < -0.3 is 10.0 Å². The molecule has 0 amide bonds. The van der Waals surface area contributed by atoms with Crippen molar-refractivity contribution < 1.29 is 0 Å². The molecule has 0 spiro atoms. The van der Waals surface area contributed by atoms with E-state index in [0.29, 0.717) is 6.54 Å². The van der Waals surface area contributed by atoms with Gasteiger partial charge in [-0.2, -0.15) is 0 Å². The lowest BCUT2D eigenvalue weighted by atomic mass is 10.2. The summed E-state index contributed by atoms with van der Waals surface area (Å²) in [6, 6.07) is 18.5. The maximum atomic E-state index is 4.48. The molecule has 0 saturated carbocycles. The Morgan fingerprint density at radius 3 is 2.23 bits per heavy atom. The van der Waals surface area contributed by atoms with Crippen molar-refractivity contribution in [2.75, 3.05) is 10.0 Å². The van der Waals surface area contributed by atoms with Crippen molar-refractivity contribution in [1.29, 1.82) is 0 Å². The number of nitrogens with one attached hydrogen (secondary N) is 2. The molecule has 0 unspecified atom stereocenters. The summed E-state index contributed by atoms with van der Waals surface area (Å²) in [6.45, 7) is 7.28. The van der Waals surface area contributed by atoms with Crippen LogP contribution in [-0.4, -0.2) is 14.7 Å². The minimum absolute atomic E-state index is 0.185. The lowest BCUT2D eigenvalue weighted by Crippen LogP contribution is -2.10. The van der Waals surface area contributed by atoms with Crippen LogP contribution in [0.15, 0.2) is 67.0 Å². The third-order valence-corrected chi connectivity index (χ3v) is 4.57. The SMILES string of the molecule is CC(C)(C)SNc1ccc(CNc2cnc(-c3ccccc3)cn2)cc1. The summed E-state index contributed by atoms with van der Waals surface area (Å²) in [5.74, 6) is 0.773. The van der Waals surface area contributed by atoms with Crippen LogP contribution < -0.4 is 10.0 Å². The van der Waals surface area contributed by atoms with Gasteiger partial charge in [0, 0.05) is 22.5 Å². The first-order valence-corrected chi connectivity index (χ1v) is 9.45. The Bertz CT molecular complexity index is 809. The third kappa shape index (κ3) is 5.49. The van der Waals surface area contributed by atoms with Crippen molar-refractivity contribution in [2.45, 2.75) is 32.1 Å². The molecular weight excluding hydrogens is 340 g/mol. The standard InChI is InChI=1S/C21H24N4S/c1-21(2,3)26-25-18-11-9-16(10-12-18)13-23-20-15-22-19(14-24-20)17-7-5-4-6-8-17/h4-12,14-15,25H,13H2,1-3H3,(H,23,24). The van der Waals surface area contributed by atoms with Crippen LogP contribution in [-0.2, 0) is 6.54 Å². The lowest BCUT2D eigenvalue weighted by Gasteiger charge is -2.18. The van der Waals surface area contributed by atoms with Gasteiger partial charge in [0.2, 0.25) is 0 Å². The quantitative estimate of drug-likeness (QED) is 0.556. The lowest BCUT2D eigenvalue weighted by molar-refractivity contribution is 0.806. The summed E-state index contributed by atoms with van der Waals surface area (Å²) in [5, 5.41) is 3.32.